The molecule has 3 N–H and O–H groups in total. The van der Waals surface area contributed by atoms with E-state index in [0.717, 1.165) is 0 Å². The number of hydrogen-bond donors (Lipinski definition) is 2. The first kappa shape index (κ1) is 13.9. The van der Waals surface area contributed by atoms with Gasteiger partial charge in [-0.1, -0.05) is 0 Å². The van der Waals surface area contributed by atoms with Crippen LogP contribution in [-0.2, 0) is 14.3 Å². The zero-order valence-electron chi connectivity index (χ0n) is 10.4. The SMILES string of the molecule is COC(C)CCC(=O)N1CCNCC1C(N)=O. The van der Waals surface area contributed by atoms with Gasteiger partial charge < -0.3 is 20.7 Å². The number of rotatable bonds is 5. The number of nitrogens with two attached hydrogens (primary N) is 1. The highest BCUT2D eigenvalue weighted by Gasteiger charge is 2.30. The minimum atomic E-state index is -0.519. The van der Waals surface area contributed by atoms with Crippen molar-refractivity contribution in [2.24, 2.45) is 5.73 Å². The molecular formula is C11H21N3O3. The van der Waals surface area contributed by atoms with Gasteiger partial charge in [-0.15, -0.1) is 0 Å². The Hall–Kier alpha value is -1.14. The number of piperazine rings is 1. The summed E-state index contributed by atoms with van der Waals surface area (Å²) in [6.07, 6.45) is 1.10. The molecule has 0 radical (unpaired) electrons. The fraction of sp³-hybridized carbons (Fsp3) is 0.818. The molecule has 0 aliphatic carbocycles. The lowest BCUT2D eigenvalue weighted by molar-refractivity contribution is -0.140. The maximum atomic E-state index is 12.0. The van der Waals surface area contributed by atoms with Crippen molar-refractivity contribution >= 4 is 11.8 Å². The summed E-state index contributed by atoms with van der Waals surface area (Å²) in [4.78, 5) is 24.8. The first-order chi connectivity index (χ1) is 8.06. The van der Waals surface area contributed by atoms with Crippen molar-refractivity contribution < 1.29 is 14.3 Å². The number of primary amides is 1. The number of amides is 2. The highest BCUT2D eigenvalue weighted by molar-refractivity contribution is 5.87. The summed E-state index contributed by atoms with van der Waals surface area (Å²) in [6, 6.07) is -0.519. The fourth-order valence-corrected chi connectivity index (χ4v) is 1.85. The summed E-state index contributed by atoms with van der Waals surface area (Å²) in [6.45, 7) is 3.60. The number of nitrogens with one attached hydrogen (secondary N) is 1. The predicted octanol–water partition coefficient (Wildman–Crippen LogP) is -0.913. The Kier molecular flexibility index (Phi) is 5.37. The quantitative estimate of drug-likeness (QED) is 0.654. The molecule has 6 heteroatoms. The molecule has 0 aromatic heterocycles. The van der Waals surface area contributed by atoms with E-state index >= 15 is 0 Å². The van der Waals surface area contributed by atoms with Gasteiger partial charge in [0.2, 0.25) is 11.8 Å². The van der Waals surface area contributed by atoms with Crippen LogP contribution in [0.2, 0.25) is 0 Å². The van der Waals surface area contributed by atoms with Gasteiger partial charge in [0.05, 0.1) is 6.10 Å². The smallest absolute Gasteiger partial charge is 0.241 e. The average Bonchev–Trinajstić information content (AvgIpc) is 2.35. The second-order valence-electron chi connectivity index (χ2n) is 4.29. The lowest BCUT2D eigenvalue weighted by Crippen LogP contribution is -2.58. The average molecular weight is 243 g/mol. The fourth-order valence-electron chi connectivity index (χ4n) is 1.85. The molecule has 0 spiro atoms. The number of nitrogens with zero attached hydrogens (tertiary/aromatic N) is 1. The van der Waals surface area contributed by atoms with Crippen molar-refractivity contribution in [2.45, 2.75) is 31.9 Å². The van der Waals surface area contributed by atoms with E-state index in [0.29, 0.717) is 32.5 Å². The highest BCUT2D eigenvalue weighted by Crippen LogP contribution is 2.09. The van der Waals surface area contributed by atoms with Crippen LogP contribution in [0.25, 0.3) is 0 Å². The maximum absolute atomic E-state index is 12.0. The minimum Gasteiger partial charge on any atom is -0.382 e. The largest absolute Gasteiger partial charge is 0.382 e. The third-order valence-electron chi connectivity index (χ3n) is 3.06. The van der Waals surface area contributed by atoms with Gasteiger partial charge in [-0.25, -0.2) is 0 Å². The van der Waals surface area contributed by atoms with Crippen LogP contribution in [0.15, 0.2) is 0 Å². The molecule has 1 aliphatic heterocycles. The van der Waals surface area contributed by atoms with Crippen molar-refractivity contribution in [1.29, 1.82) is 0 Å². The Morgan fingerprint density at radius 3 is 2.88 bits per heavy atom. The van der Waals surface area contributed by atoms with Crippen LogP contribution in [0.1, 0.15) is 19.8 Å². The van der Waals surface area contributed by atoms with Crippen molar-refractivity contribution in [3.8, 4) is 0 Å². The van der Waals surface area contributed by atoms with Gasteiger partial charge in [-0.05, 0) is 13.3 Å². The summed E-state index contributed by atoms with van der Waals surface area (Å²) in [7, 11) is 1.62. The molecule has 2 atom stereocenters. The van der Waals surface area contributed by atoms with E-state index in [1.54, 1.807) is 12.0 Å². The lowest BCUT2D eigenvalue weighted by atomic mass is 10.1. The number of hydrogen-bond acceptors (Lipinski definition) is 4. The van der Waals surface area contributed by atoms with Crippen LogP contribution < -0.4 is 11.1 Å². The maximum Gasteiger partial charge on any atom is 0.241 e. The molecule has 98 valence electrons. The normalized spacial score (nSPS) is 22.2. The molecule has 1 heterocycles. The zero-order chi connectivity index (χ0) is 12.8. The van der Waals surface area contributed by atoms with Crippen LogP contribution in [-0.4, -0.2) is 55.6 Å². The summed E-state index contributed by atoms with van der Waals surface area (Å²) >= 11 is 0. The second-order valence-corrected chi connectivity index (χ2v) is 4.29. The van der Waals surface area contributed by atoms with Crippen LogP contribution >= 0.6 is 0 Å². The molecule has 1 rings (SSSR count). The monoisotopic (exact) mass is 243 g/mol. The van der Waals surface area contributed by atoms with Gasteiger partial charge in [0.1, 0.15) is 6.04 Å². The van der Waals surface area contributed by atoms with Gasteiger partial charge in [-0.2, -0.15) is 0 Å². The van der Waals surface area contributed by atoms with Crippen LogP contribution in [0.5, 0.6) is 0 Å². The Balaban J connectivity index is 2.50. The van der Waals surface area contributed by atoms with Gasteiger partial charge in [0, 0.05) is 33.2 Å². The van der Waals surface area contributed by atoms with Crippen molar-refractivity contribution in [1.82, 2.24) is 10.2 Å². The second kappa shape index (κ2) is 6.56. The Labute approximate surface area is 101 Å². The van der Waals surface area contributed by atoms with E-state index in [1.165, 1.54) is 0 Å². The van der Waals surface area contributed by atoms with Crippen molar-refractivity contribution in [2.75, 3.05) is 26.7 Å². The zero-order valence-corrected chi connectivity index (χ0v) is 10.4. The number of carbonyl (C=O) groups excluding carboxylic acids is 2. The highest BCUT2D eigenvalue weighted by atomic mass is 16.5. The van der Waals surface area contributed by atoms with Crippen molar-refractivity contribution in [3.05, 3.63) is 0 Å². The molecule has 1 fully saturated rings. The molecule has 0 aromatic rings. The molecule has 2 amide bonds. The molecule has 0 bridgehead atoms. The lowest BCUT2D eigenvalue weighted by Gasteiger charge is -2.34. The molecule has 17 heavy (non-hydrogen) atoms. The molecule has 6 nitrogen and oxygen atoms in total. The first-order valence-electron chi connectivity index (χ1n) is 5.88. The summed E-state index contributed by atoms with van der Waals surface area (Å²) in [5.41, 5.74) is 5.28. The van der Waals surface area contributed by atoms with E-state index < -0.39 is 11.9 Å². The van der Waals surface area contributed by atoms with Gasteiger partial charge in [0.15, 0.2) is 0 Å². The molecule has 1 aliphatic rings. The van der Waals surface area contributed by atoms with E-state index in [2.05, 4.69) is 5.32 Å². The minimum absolute atomic E-state index is 0.0285. The number of carbonyl (C=O) groups is 2. The Morgan fingerprint density at radius 2 is 2.29 bits per heavy atom. The van der Waals surface area contributed by atoms with Crippen LogP contribution in [0.3, 0.4) is 0 Å². The predicted molar refractivity (Wildman–Crippen MR) is 63.3 cm³/mol. The van der Waals surface area contributed by atoms with Gasteiger partial charge in [0.25, 0.3) is 0 Å². The summed E-state index contributed by atoms with van der Waals surface area (Å²) < 4.78 is 5.09. The Bertz CT molecular complexity index is 283. The van der Waals surface area contributed by atoms with Gasteiger partial charge >= 0.3 is 0 Å². The third kappa shape index (κ3) is 3.98. The van der Waals surface area contributed by atoms with Crippen molar-refractivity contribution in [3.63, 3.8) is 0 Å². The topological polar surface area (TPSA) is 84.7 Å². The van der Waals surface area contributed by atoms with Gasteiger partial charge in [-0.3, -0.25) is 9.59 Å². The van der Waals surface area contributed by atoms with E-state index in [9.17, 15) is 9.59 Å². The first-order valence-corrected chi connectivity index (χ1v) is 5.88. The van der Waals surface area contributed by atoms with E-state index in [4.69, 9.17) is 10.5 Å². The summed E-state index contributed by atoms with van der Waals surface area (Å²) in [5, 5.41) is 3.06. The molecule has 0 aromatic carbocycles. The molecule has 0 saturated carbocycles. The molecule has 2 unspecified atom stereocenters. The number of methoxy groups -OCH3 is 1. The van der Waals surface area contributed by atoms with Crippen LogP contribution in [0.4, 0.5) is 0 Å². The van der Waals surface area contributed by atoms with Crippen LogP contribution in [0, 0.1) is 0 Å². The standard InChI is InChI=1S/C11H21N3O3/c1-8(17-2)3-4-10(15)14-6-5-13-7-9(14)11(12)16/h8-9,13H,3-7H2,1-2H3,(H2,12,16). The third-order valence-corrected chi connectivity index (χ3v) is 3.06. The van der Waals surface area contributed by atoms with E-state index in [1.807, 2.05) is 6.92 Å². The van der Waals surface area contributed by atoms with E-state index in [-0.39, 0.29) is 12.0 Å². The summed E-state index contributed by atoms with van der Waals surface area (Å²) in [5.74, 6) is -0.482. The molecular weight excluding hydrogens is 222 g/mol. The molecule has 1 saturated heterocycles. The Morgan fingerprint density at radius 1 is 1.59 bits per heavy atom. The number of ether oxygens (including phenoxy) is 1.